The van der Waals surface area contributed by atoms with E-state index >= 15 is 0 Å². The van der Waals surface area contributed by atoms with E-state index in [1.165, 1.54) is 13.2 Å². The molecule has 1 aliphatic rings. The molecule has 0 amide bonds. The Morgan fingerprint density at radius 1 is 1.18 bits per heavy atom. The van der Waals surface area contributed by atoms with Crippen molar-refractivity contribution < 1.29 is 38.4 Å². The summed E-state index contributed by atoms with van der Waals surface area (Å²) in [6.45, 7) is 0.225. The predicted molar refractivity (Wildman–Crippen MR) is 93.0 cm³/mol. The monoisotopic (exact) mass is 390 g/mol. The number of nitrogens with zero attached hydrogens (tertiary/aromatic N) is 2. The van der Waals surface area contributed by atoms with Crippen molar-refractivity contribution in [2.24, 2.45) is 0 Å². The lowest BCUT2D eigenvalue weighted by atomic mass is 10.1. The molecule has 0 saturated heterocycles. The van der Waals surface area contributed by atoms with Crippen molar-refractivity contribution in [2.75, 3.05) is 27.4 Å². The molecule has 0 unspecified atom stereocenters. The van der Waals surface area contributed by atoms with Gasteiger partial charge in [0.15, 0.2) is 28.7 Å². The standard InChI is InChI=1S/C18H18N2O8/c1-25-9-11-15(18(24)26-2)19-20(16(11)17(22)23)8-12(21)10-3-4-13-14(7-10)28-6-5-27-13/h3-4,7H,5-6,8-9H2,1-2H3,(H,22,23). The van der Waals surface area contributed by atoms with Gasteiger partial charge in [-0.3, -0.25) is 4.79 Å². The van der Waals surface area contributed by atoms with Crippen molar-refractivity contribution in [2.45, 2.75) is 13.2 Å². The van der Waals surface area contributed by atoms with Crippen LogP contribution >= 0.6 is 0 Å². The van der Waals surface area contributed by atoms with Crippen LogP contribution in [0.15, 0.2) is 18.2 Å². The van der Waals surface area contributed by atoms with Gasteiger partial charge in [0.2, 0.25) is 0 Å². The molecule has 28 heavy (non-hydrogen) atoms. The van der Waals surface area contributed by atoms with E-state index in [-0.39, 0.29) is 23.6 Å². The number of esters is 1. The highest BCUT2D eigenvalue weighted by Crippen LogP contribution is 2.31. The fraction of sp³-hybridized carbons (Fsp3) is 0.333. The Kier molecular flexibility index (Phi) is 5.59. The number of carbonyl (C=O) groups is 3. The Labute approximate surface area is 159 Å². The summed E-state index contributed by atoms with van der Waals surface area (Å²) in [4.78, 5) is 36.4. The third-order valence-electron chi connectivity index (χ3n) is 4.08. The van der Waals surface area contributed by atoms with Gasteiger partial charge in [-0.15, -0.1) is 0 Å². The smallest absolute Gasteiger partial charge is 0.358 e. The van der Waals surface area contributed by atoms with Crippen LogP contribution in [0, 0.1) is 0 Å². The molecule has 148 valence electrons. The molecule has 0 saturated carbocycles. The number of methoxy groups -OCH3 is 2. The molecule has 3 rings (SSSR count). The number of aromatic carboxylic acids is 1. The van der Waals surface area contributed by atoms with Crippen molar-refractivity contribution in [3.63, 3.8) is 0 Å². The highest BCUT2D eigenvalue weighted by atomic mass is 16.6. The maximum absolute atomic E-state index is 12.7. The van der Waals surface area contributed by atoms with Gasteiger partial charge in [-0.25, -0.2) is 14.3 Å². The van der Waals surface area contributed by atoms with Gasteiger partial charge in [0.1, 0.15) is 19.8 Å². The summed E-state index contributed by atoms with van der Waals surface area (Å²) < 4.78 is 21.5. The quantitative estimate of drug-likeness (QED) is 0.547. The van der Waals surface area contributed by atoms with E-state index in [0.29, 0.717) is 30.3 Å². The Balaban J connectivity index is 1.95. The number of hydrogen-bond donors (Lipinski definition) is 1. The average molecular weight is 390 g/mol. The molecule has 0 bridgehead atoms. The van der Waals surface area contributed by atoms with Crippen LogP contribution in [-0.4, -0.2) is 60.0 Å². The lowest BCUT2D eigenvalue weighted by Crippen LogP contribution is -2.19. The zero-order chi connectivity index (χ0) is 20.3. The maximum atomic E-state index is 12.7. The maximum Gasteiger partial charge on any atom is 0.358 e. The largest absolute Gasteiger partial charge is 0.486 e. The first-order valence-electron chi connectivity index (χ1n) is 8.29. The van der Waals surface area contributed by atoms with Crippen LogP contribution in [-0.2, 0) is 22.6 Å². The van der Waals surface area contributed by atoms with Crippen LogP contribution in [0.25, 0.3) is 0 Å². The molecule has 1 aromatic heterocycles. The van der Waals surface area contributed by atoms with Crippen molar-refractivity contribution in [1.29, 1.82) is 0 Å². The summed E-state index contributed by atoms with van der Waals surface area (Å²) in [5.74, 6) is -1.61. The van der Waals surface area contributed by atoms with Gasteiger partial charge in [-0.05, 0) is 18.2 Å². The number of aromatic nitrogens is 2. The van der Waals surface area contributed by atoms with Crippen LogP contribution < -0.4 is 9.47 Å². The van der Waals surface area contributed by atoms with Crippen molar-refractivity contribution >= 4 is 17.7 Å². The summed E-state index contributed by atoms with van der Waals surface area (Å²) in [6, 6.07) is 4.69. The second kappa shape index (κ2) is 8.09. The molecule has 0 aliphatic carbocycles. The summed E-state index contributed by atoms with van der Waals surface area (Å²) >= 11 is 0. The van der Waals surface area contributed by atoms with E-state index in [9.17, 15) is 19.5 Å². The van der Waals surface area contributed by atoms with Gasteiger partial charge in [0, 0.05) is 18.2 Å². The van der Waals surface area contributed by atoms with E-state index in [4.69, 9.17) is 14.2 Å². The number of fused-ring (bicyclic) bond motifs is 1. The number of carbonyl (C=O) groups excluding carboxylic acids is 2. The number of hydrogen-bond acceptors (Lipinski definition) is 8. The number of ketones is 1. The minimum atomic E-state index is -1.34. The molecule has 1 aliphatic heterocycles. The zero-order valence-electron chi connectivity index (χ0n) is 15.3. The number of carboxylic acid groups (broad SMARTS) is 1. The van der Waals surface area contributed by atoms with Crippen molar-refractivity contribution in [3.8, 4) is 11.5 Å². The zero-order valence-corrected chi connectivity index (χ0v) is 15.3. The minimum Gasteiger partial charge on any atom is -0.486 e. The molecule has 0 radical (unpaired) electrons. The number of rotatable bonds is 7. The van der Waals surface area contributed by atoms with E-state index in [0.717, 1.165) is 11.8 Å². The molecular formula is C18H18N2O8. The van der Waals surface area contributed by atoms with Crippen LogP contribution in [0.2, 0.25) is 0 Å². The molecular weight excluding hydrogens is 372 g/mol. The fourth-order valence-corrected chi connectivity index (χ4v) is 2.84. The average Bonchev–Trinajstić information content (AvgIpc) is 3.05. The molecule has 0 atom stereocenters. The van der Waals surface area contributed by atoms with Gasteiger partial charge >= 0.3 is 11.9 Å². The Morgan fingerprint density at radius 3 is 2.54 bits per heavy atom. The van der Waals surface area contributed by atoms with Crippen molar-refractivity contribution in [3.05, 3.63) is 40.7 Å². The first-order chi connectivity index (χ1) is 13.5. The Morgan fingerprint density at radius 2 is 1.89 bits per heavy atom. The fourth-order valence-electron chi connectivity index (χ4n) is 2.84. The molecule has 10 heteroatoms. The lowest BCUT2D eigenvalue weighted by molar-refractivity contribution is 0.0587. The summed E-state index contributed by atoms with van der Waals surface area (Å²) in [5, 5.41) is 13.5. The van der Waals surface area contributed by atoms with Crippen LogP contribution in [0.5, 0.6) is 11.5 Å². The third-order valence-corrected chi connectivity index (χ3v) is 4.08. The molecule has 0 fully saturated rings. The second-order valence-electron chi connectivity index (χ2n) is 5.84. The number of Topliss-reactive ketones (excluding diaryl/α,β-unsaturated/α-hetero) is 1. The highest BCUT2D eigenvalue weighted by molar-refractivity contribution is 5.98. The molecule has 2 aromatic rings. The van der Waals surface area contributed by atoms with E-state index in [1.54, 1.807) is 12.1 Å². The van der Waals surface area contributed by atoms with Crippen molar-refractivity contribution in [1.82, 2.24) is 9.78 Å². The second-order valence-corrected chi connectivity index (χ2v) is 5.84. The first kappa shape index (κ1) is 19.4. The van der Waals surface area contributed by atoms with Gasteiger partial charge in [0.05, 0.1) is 13.7 Å². The van der Waals surface area contributed by atoms with Gasteiger partial charge in [-0.2, -0.15) is 5.10 Å². The number of ether oxygens (including phenoxy) is 4. The summed E-state index contributed by atoms with van der Waals surface area (Å²) in [6.07, 6.45) is 0. The summed E-state index contributed by atoms with van der Waals surface area (Å²) in [7, 11) is 2.50. The highest BCUT2D eigenvalue weighted by Gasteiger charge is 2.28. The van der Waals surface area contributed by atoms with Crippen LogP contribution in [0.3, 0.4) is 0 Å². The third kappa shape index (κ3) is 3.67. The predicted octanol–water partition coefficient (Wildman–Crippen LogP) is 1.17. The first-order valence-corrected chi connectivity index (χ1v) is 8.29. The Hall–Kier alpha value is -3.40. The topological polar surface area (TPSA) is 126 Å². The number of benzene rings is 1. The lowest BCUT2D eigenvalue weighted by Gasteiger charge is -2.18. The van der Waals surface area contributed by atoms with E-state index in [1.807, 2.05) is 0 Å². The molecule has 2 heterocycles. The van der Waals surface area contributed by atoms with Gasteiger partial charge < -0.3 is 24.1 Å². The van der Waals surface area contributed by atoms with Gasteiger partial charge in [-0.1, -0.05) is 0 Å². The van der Waals surface area contributed by atoms with E-state index in [2.05, 4.69) is 9.84 Å². The molecule has 1 N–H and O–H groups in total. The van der Waals surface area contributed by atoms with Gasteiger partial charge in [0.25, 0.3) is 0 Å². The van der Waals surface area contributed by atoms with Crippen LogP contribution in [0.1, 0.15) is 36.9 Å². The SMILES string of the molecule is COCc1c(C(=O)OC)nn(CC(=O)c2ccc3c(c2)OCCO3)c1C(=O)O. The Bertz CT molecular complexity index is 934. The molecule has 1 aromatic carbocycles. The minimum absolute atomic E-state index is 0.0387. The molecule has 0 spiro atoms. The molecule has 10 nitrogen and oxygen atoms in total. The summed E-state index contributed by atoms with van der Waals surface area (Å²) in [5.41, 5.74) is -0.189. The van der Waals surface area contributed by atoms with E-state index < -0.39 is 24.3 Å². The number of carboxylic acids is 1. The van der Waals surface area contributed by atoms with Crippen LogP contribution in [0.4, 0.5) is 0 Å². The normalized spacial score (nSPS) is 12.5.